The van der Waals surface area contributed by atoms with Crippen molar-refractivity contribution in [1.82, 2.24) is 20.5 Å². The summed E-state index contributed by atoms with van der Waals surface area (Å²) in [5.41, 5.74) is 2.94. The average molecular weight is 214 g/mol. The van der Waals surface area contributed by atoms with E-state index >= 15 is 0 Å². The van der Waals surface area contributed by atoms with Crippen LogP contribution in [0, 0.1) is 0 Å². The van der Waals surface area contributed by atoms with Crippen LogP contribution in [0.15, 0.2) is 30.6 Å². The molecular weight excluding hydrogens is 200 g/mol. The second-order valence-corrected chi connectivity index (χ2v) is 4.19. The van der Waals surface area contributed by atoms with E-state index in [0.29, 0.717) is 6.04 Å². The number of hydrogen-bond donors (Lipinski definition) is 2. The summed E-state index contributed by atoms with van der Waals surface area (Å²) in [5, 5.41) is 10.2. The maximum Gasteiger partial charge on any atom is 0.138 e. The monoisotopic (exact) mass is 214 g/mol. The van der Waals surface area contributed by atoms with Crippen molar-refractivity contribution >= 4 is 0 Å². The van der Waals surface area contributed by atoms with Crippen LogP contribution in [-0.4, -0.2) is 21.2 Å². The fourth-order valence-corrected chi connectivity index (χ4v) is 2.26. The van der Waals surface area contributed by atoms with E-state index in [-0.39, 0.29) is 0 Å². The van der Waals surface area contributed by atoms with Crippen LogP contribution in [-0.2, 0) is 19.4 Å². The van der Waals surface area contributed by atoms with Gasteiger partial charge in [-0.15, -0.1) is 0 Å². The molecule has 1 heterocycles. The zero-order valence-electron chi connectivity index (χ0n) is 8.98. The number of benzene rings is 1. The molecule has 2 N–H and O–H groups in total. The second-order valence-electron chi connectivity index (χ2n) is 4.19. The smallest absolute Gasteiger partial charge is 0.138 e. The van der Waals surface area contributed by atoms with Crippen molar-refractivity contribution in [2.75, 3.05) is 0 Å². The fourth-order valence-electron chi connectivity index (χ4n) is 2.26. The third-order valence-corrected chi connectivity index (χ3v) is 3.07. The molecule has 0 atom stereocenters. The van der Waals surface area contributed by atoms with E-state index in [4.69, 9.17) is 0 Å². The van der Waals surface area contributed by atoms with E-state index in [1.54, 1.807) is 6.33 Å². The molecule has 0 saturated carbocycles. The zero-order chi connectivity index (χ0) is 10.8. The lowest BCUT2D eigenvalue weighted by atomic mass is 10.1. The van der Waals surface area contributed by atoms with Crippen LogP contribution in [0.4, 0.5) is 0 Å². The number of nitrogens with one attached hydrogen (secondary N) is 2. The fraction of sp³-hybridized carbons (Fsp3) is 0.333. The quantitative estimate of drug-likeness (QED) is 0.803. The highest BCUT2D eigenvalue weighted by atomic mass is 15.2. The van der Waals surface area contributed by atoms with Crippen LogP contribution in [0.3, 0.4) is 0 Å². The van der Waals surface area contributed by atoms with Crippen LogP contribution in [0.1, 0.15) is 17.0 Å². The molecular formula is C12H14N4. The number of H-pyrrole nitrogens is 1. The number of rotatable bonds is 3. The molecule has 16 heavy (non-hydrogen) atoms. The summed E-state index contributed by atoms with van der Waals surface area (Å²) in [5.74, 6) is 0.899. The molecule has 0 fully saturated rings. The summed E-state index contributed by atoms with van der Waals surface area (Å²) in [6.45, 7) is 0.763. The van der Waals surface area contributed by atoms with Gasteiger partial charge in [0.05, 0.1) is 6.54 Å². The van der Waals surface area contributed by atoms with Gasteiger partial charge < -0.3 is 5.32 Å². The molecule has 0 amide bonds. The highest BCUT2D eigenvalue weighted by Crippen LogP contribution is 2.21. The first-order valence-electron chi connectivity index (χ1n) is 5.56. The Labute approximate surface area is 94.1 Å². The molecule has 1 aromatic carbocycles. The van der Waals surface area contributed by atoms with Crippen molar-refractivity contribution in [3.8, 4) is 0 Å². The zero-order valence-corrected chi connectivity index (χ0v) is 8.98. The van der Waals surface area contributed by atoms with Gasteiger partial charge in [0.2, 0.25) is 0 Å². The molecule has 4 heteroatoms. The second kappa shape index (κ2) is 4.06. The normalized spacial score (nSPS) is 15.2. The van der Waals surface area contributed by atoms with E-state index in [2.05, 4.69) is 44.8 Å². The van der Waals surface area contributed by atoms with E-state index in [9.17, 15) is 0 Å². The lowest BCUT2D eigenvalue weighted by Gasteiger charge is -2.09. The molecule has 82 valence electrons. The summed E-state index contributed by atoms with van der Waals surface area (Å²) < 4.78 is 0. The molecule has 0 unspecified atom stereocenters. The summed E-state index contributed by atoms with van der Waals surface area (Å²) >= 11 is 0. The summed E-state index contributed by atoms with van der Waals surface area (Å²) in [6.07, 6.45) is 3.77. The van der Waals surface area contributed by atoms with Gasteiger partial charge in [-0.2, -0.15) is 5.10 Å². The highest BCUT2D eigenvalue weighted by molar-refractivity contribution is 5.33. The highest BCUT2D eigenvalue weighted by Gasteiger charge is 2.20. The Morgan fingerprint density at radius 3 is 2.62 bits per heavy atom. The van der Waals surface area contributed by atoms with E-state index in [1.807, 2.05) is 0 Å². The van der Waals surface area contributed by atoms with E-state index in [1.165, 1.54) is 11.1 Å². The molecule has 1 aliphatic rings. The number of aromatic amines is 1. The van der Waals surface area contributed by atoms with Crippen molar-refractivity contribution in [2.24, 2.45) is 0 Å². The third kappa shape index (κ3) is 1.84. The maximum atomic E-state index is 4.10. The molecule has 0 saturated heterocycles. The standard InChI is InChI=1S/C12H14N4/c1-2-4-10-6-11(5-9(10)3-1)13-7-12-14-8-15-16-12/h1-4,8,11,13H,5-7H2,(H,14,15,16). The van der Waals surface area contributed by atoms with Gasteiger partial charge >= 0.3 is 0 Å². The van der Waals surface area contributed by atoms with Crippen molar-refractivity contribution in [1.29, 1.82) is 0 Å². The van der Waals surface area contributed by atoms with Crippen molar-refractivity contribution < 1.29 is 0 Å². The van der Waals surface area contributed by atoms with Gasteiger partial charge in [-0.3, -0.25) is 5.10 Å². The first kappa shape index (κ1) is 9.54. The Hall–Kier alpha value is -1.68. The molecule has 0 bridgehead atoms. The van der Waals surface area contributed by atoms with Crippen molar-refractivity contribution in [2.45, 2.75) is 25.4 Å². The van der Waals surface area contributed by atoms with Crippen LogP contribution in [0.2, 0.25) is 0 Å². The van der Waals surface area contributed by atoms with Crippen LogP contribution in [0.5, 0.6) is 0 Å². The molecule has 1 aromatic heterocycles. The van der Waals surface area contributed by atoms with Crippen molar-refractivity contribution in [3.05, 3.63) is 47.5 Å². The first-order chi connectivity index (χ1) is 7.92. The molecule has 0 aliphatic heterocycles. The summed E-state index contributed by atoms with van der Waals surface area (Å²) in [4.78, 5) is 4.10. The van der Waals surface area contributed by atoms with Gasteiger partial charge in [0.1, 0.15) is 12.2 Å². The Morgan fingerprint density at radius 2 is 2.00 bits per heavy atom. The number of hydrogen-bond acceptors (Lipinski definition) is 3. The Bertz CT molecular complexity index is 439. The van der Waals surface area contributed by atoms with Gasteiger partial charge in [-0.05, 0) is 24.0 Å². The largest absolute Gasteiger partial charge is 0.306 e. The van der Waals surface area contributed by atoms with Gasteiger partial charge in [-0.1, -0.05) is 24.3 Å². The Balaban J connectivity index is 1.60. The minimum atomic E-state index is 0.530. The lowest BCUT2D eigenvalue weighted by molar-refractivity contribution is 0.522. The van der Waals surface area contributed by atoms with Gasteiger partial charge in [0, 0.05) is 6.04 Å². The molecule has 1 aliphatic carbocycles. The SMILES string of the molecule is c1ccc2c(c1)CC(NCc1ncn[nH]1)C2. The first-order valence-corrected chi connectivity index (χ1v) is 5.56. The minimum absolute atomic E-state index is 0.530. The topological polar surface area (TPSA) is 53.6 Å². The predicted octanol–water partition coefficient (Wildman–Crippen LogP) is 1.06. The van der Waals surface area contributed by atoms with Gasteiger partial charge in [0.25, 0.3) is 0 Å². The number of aromatic nitrogens is 3. The van der Waals surface area contributed by atoms with Crippen molar-refractivity contribution in [3.63, 3.8) is 0 Å². The summed E-state index contributed by atoms with van der Waals surface area (Å²) in [7, 11) is 0. The molecule has 4 nitrogen and oxygen atoms in total. The molecule has 0 radical (unpaired) electrons. The molecule has 2 aromatic rings. The van der Waals surface area contributed by atoms with E-state index < -0.39 is 0 Å². The number of nitrogens with zero attached hydrogens (tertiary/aromatic N) is 2. The lowest BCUT2D eigenvalue weighted by Crippen LogP contribution is -2.29. The third-order valence-electron chi connectivity index (χ3n) is 3.07. The van der Waals surface area contributed by atoms with Gasteiger partial charge in [-0.25, -0.2) is 4.98 Å². The maximum absolute atomic E-state index is 4.10. The minimum Gasteiger partial charge on any atom is -0.306 e. The molecule has 0 spiro atoms. The number of fused-ring (bicyclic) bond motifs is 1. The molecule has 3 rings (SSSR count). The van der Waals surface area contributed by atoms with Crippen LogP contribution >= 0.6 is 0 Å². The van der Waals surface area contributed by atoms with Crippen LogP contribution in [0.25, 0.3) is 0 Å². The van der Waals surface area contributed by atoms with E-state index in [0.717, 1.165) is 25.2 Å². The predicted molar refractivity (Wildman–Crippen MR) is 60.9 cm³/mol. The van der Waals surface area contributed by atoms with Crippen LogP contribution < -0.4 is 5.32 Å². The summed E-state index contributed by atoms with van der Waals surface area (Å²) in [6, 6.07) is 9.18. The van der Waals surface area contributed by atoms with Gasteiger partial charge in [0.15, 0.2) is 0 Å². The average Bonchev–Trinajstić information content (AvgIpc) is 2.95. The Morgan fingerprint density at radius 1 is 1.25 bits per heavy atom. The Kier molecular flexibility index (Phi) is 2.42.